The Labute approximate surface area is 96.2 Å². The van der Waals surface area contributed by atoms with Gasteiger partial charge in [0.05, 0.1) is 19.0 Å². The second-order valence-electron chi connectivity index (χ2n) is 3.36. The Hall–Kier alpha value is -1.36. The molecule has 1 N–H and O–H groups in total. The van der Waals surface area contributed by atoms with Gasteiger partial charge in [-0.3, -0.25) is 4.98 Å². The van der Waals surface area contributed by atoms with Crippen molar-refractivity contribution in [2.24, 2.45) is 0 Å². The van der Waals surface area contributed by atoms with E-state index in [2.05, 4.69) is 15.3 Å². The maximum absolute atomic E-state index is 5.56. The fourth-order valence-electron chi connectivity index (χ4n) is 1.20. The van der Waals surface area contributed by atoms with E-state index in [4.69, 9.17) is 9.47 Å². The molecule has 1 aromatic heterocycles. The monoisotopic (exact) mass is 225 g/mol. The number of hydrogen-bond acceptors (Lipinski definition) is 5. The molecule has 0 bridgehead atoms. The molecule has 1 atom stereocenters. The minimum atomic E-state index is -0.0221. The van der Waals surface area contributed by atoms with Crippen LogP contribution in [-0.2, 0) is 4.74 Å². The van der Waals surface area contributed by atoms with Gasteiger partial charge in [-0.25, -0.2) is 0 Å². The Bertz CT molecular complexity index is 307. The van der Waals surface area contributed by atoms with E-state index in [9.17, 15) is 0 Å². The highest BCUT2D eigenvalue weighted by atomic mass is 16.5. The maximum atomic E-state index is 5.56. The molecule has 5 heteroatoms. The number of hydrogen-bond donors (Lipinski definition) is 1. The zero-order valence-corrected chi connectivity index (χ0v) is 10.1. The van der Waals surface area contributed by atoms with E-state index in [1.165, 1.54) is 0 Å². The Kier molecular flexibility index (Phi) is 5.56. The zero-order chi connectivity index (χ0) is 11.8. The first-order valence-electron chi connectivity index (χ1n) is 5.56. The van der Waals surface area contributed by atoms with E-state index in [1.54, 1.807) is 12.4 Å². The standard InChI is InChI=1S/C11H19N3O2/c1-4-13-10-6-12-7-11(14-10)16-9(3)8-15-5-2/h6-7,9H,4-5,8H2,1-3H3,(H,13,14). The normalized spacial score (nSPS) is 12.2. The molecule has 1 heterocycles. The molecule has 0 saturated carbocycles. The summed E-state index contributed by atoms with van der Waals surface area (Å²) in [6.45, 7) is 7.97. The van der Waals surface area contributed by atoms with Gasteiger partial charge >= 0.3 is 0 Å². The van der Waals surface area contributed by atoms with E-state index in [0.717, 1.165) is 12.4 Å². The van der Waals surface area contributed by atoms with Gasteiger partial charge in [-0.1, -0.05) is 0 Å². The lowest BCUT2D eigenvalue weighted by molar-refractivity contribution is 0.0632. The van der Waals surface area contributed by atoms with Crippen LogP contribution in [0.1, 0.15) is 20.8 Å². The molecule has 0 spiro atoms. The van der Waals surface area contributed by atoms with Crippen LogP contribution in [0.2, 0.25) is 0 Å². The highest BCUT2D eigenvalue weighted by Gasteiger charge is 2.05. The van der Waals surface area contributed by atoms with Gasteiger partial charge in [0, 0.05) is 13.2 Å². The van der Waals surface area contributed by atoms with Crippen LogP contribution in [0.15, 0.2) is 12.4 Å². The van der Waals surface area contributed by atoms with Crippen LogP contribution in [0.5, 0.6) is 5.88 Å². The molecule has 5 nitrogen and oxygen atoms in total. The van der Waals surface area contributed by atoms with Crippen LogP contribution in [-0.4, -0.2) is 35.8 Å². The molecule has 90 valence electrons. The Morgan fingerprint density at radius 1 is 1.38 bits per heavy atom. The first kappa shape index (κ1) is 12.7. The highest BCUT2D eigenvalue weighted by molar-refractivity contribution is 5.32. The SMILES string of the molecule is CCNc1cncc(OC(C)COCC)n1. The van der Waals surface area contributed by atoms with E-state index in [0.29, 0.717) is 19.1 Å². The summed E-state index contributed by atoms with van der Waals surface area (Å²) < 4.78 is 10.8. The van der Waals surface area contributed by atoms with Crippen LogP contribution in [0.25, 0.3) is 0 Å². The Morgan fingerprint density at radius 3 is 2.88 bits per heavy atom. The second kappa shape index (κ2) is 7.00. The molecule has 0 aromatic carbocycles. The van der Waals surface area contributed by atoms with Crippen molar-refractivity contribution in [1.29, 1.82) is 0 Å². The molecule has 0 aliphatic rings. The van der Waals surface area contributed by atoms with Crippen LogP contribution in [0, 0.1) is 0 Å². The summed E-state index contributed by atoms with van der Waals surface area (Å²) in [4.78, 5) is 8.30. The predicted octanol–water partition coefficient (Wildman–Crippen LogP) is 1.71. The summed E-state index contributed by atoms with van der Waals surface area (Å²) in [5.41, 5.74) is 0. The molecule has 1 rings (SSSR count). The maximum Gasteiger partial charge on any atom is 0.234 e. The smallest absolute Gasteiger partial charge is 0.234 e. The number of nitrogens with one attached hydrogen (secondary N) is 1. The van der Waals surface area contributed by atoms with Gasteiger partial charge in [0.2, 0.25) is 5.88 Å². The van der Waals surface area contributed by atoms with Gasteiger partial charge in [0.1, 0.15) is 11.9 Å². The molecular formula is C11H19N3O2. The lowest BCUT2D eigenvalue weighted by Gasteiger charge is -2.13. The minimum absolute atomic E-state index is 0.0221. The van der Waals surface area contributed by atoms with Gasteiger partial charge in [0.25, 0.3) is 0 Å². The molecular weight excluding hydrogens is 206 g/mol. The summed E-state index contributed by atoms with van der Waals surface area (Å²) in [6, 6.07) is 0. The lowest BCUT2D eigenvalue weighted by atomic mass is 10.4. The number of aromatic nitrogens is 2. The number of anilines is 1. The minimum Gasteiger partial charge on any atom is -0.471 e. The zero-order valence-electron chi connectivity index (χ0n) is 10.1. The van der Waals surface area contributed by atoms with Crippen LogP contribution in [0.4, 0.5) is 5.82 Å². The van der Waals surface area contributed by atoms with Crippen molar-refractivity contribution in [2.75, 3.05) is 25.1 Å². The second-order valence-corrected chi connectivity index (χ2v) is 3.36. The molecule has 0 radical (unpaired) electrons. The third-order valence-electron chi connectivity index (χ3n) is 1.85. The first-order valence-corrected chi connectivity index (χ1v) is 5.56. The van der Waals surface area contributed by atoms with Crippen LogP contribution in [0.3, 0.4) is 0 Å². The van der Waals surface area contributed by atoms with Crippen molar-refractivity contribution in [3.05, 3.63) is 12.4 Å². The van der Waals surface area contributed by atoms with Gasteiger partial charge < -0.3 is 14.8 Å². The molecule has 0 aliphatic carbocycles. The summed E-state index contributed by atoms with van der Waals surface area (Å²) in [6.07, 6.45) is 3.25. The van der Waals surface area contributed by atoms with E-state index < -0.39 is 0 Å². The quantitative estimate of drug-likeness (QED) is 0.765. The molecule has 0 amide bonds. The first-order chi connectivity index (χ1) is 7.76. The Morgan fingerprint density at radius 2 is 2.19 bits per heavy atom. The van der Waals surface area contributed by atoms with Crippen LogP contribution >= 0.6 is 0 Å². The average molecular weight is 225 g/mol. The number of ether oxygens (including phenoxy) is 2. The van der Waals surface area contributed by atoms with Crippen molar-refractivity contribution in [1.82, 2.24) is 9.97 Å². The van der Waals surface area contributed by atoms with E-state index in [1.807, 2.05) is 20.8 Å². The van der Waals surface area contributed by atoms with Crippen molar-refractivity contribution < 1.29 is 9.47 Å². The van der Waals surface area contributed by atoms with E-state index >= 15 is 0 Å². The predicted molar refractivity (Wildman–Crippen MR) is 62.8 cm³/mol. The molecule has 0 saturated heterocycles. The van der Waals surface area contributed by atoms with Gasteiger partial charge in [-0.15, -0.1) is 0 Å². The molecule has 0 fully saturated rings. The third kappa shape index (κ3) is 4.44. The molecule has 0 aliphatic heterocycles. The number of nitrogens with zero attached hydrogens (tertiary/aromatic N) is 2. The van der Waals surface area contributed by atoms with Crippen molar-refractivity contribution >= 4 is 5.82 Å². The summed E-state index contributed by atoms with van der Waals surface area (Å²) in [5, 5.41) is 3.08. The summed E-state index contributed by atoms with van der Waals surface area (Å²) in [7, 11) is 0. The van der Waals surface area contributed by atoms with E-state index in [-0.39, 0.29) is 6.10 Å². The fourth-order valence-corrected chi connectivity index (χ4v) is 1.20. The number of rotatable bonds is 7. The Balaban J connectivity index is 2.49. The van der Waals surface area contributed by atoms with Crippen molar-refractivity contribution in [3.63, 3.8) is 0 Å². The molecule has 1 unspecified atom stereocenters. The van der Waals surface area contributed by atoms with Gasteiger partial charge in [-0.2, -0.15) is 4.98 Å². The third-order valence-corrected chi connectivity index (χ3v) is 1.85. The average Bonchev–Trinajstić information content (AvgIpc) is 2.27. The van der Waals surface area contributed by atoms with Gasteiger partial charge in [-0.05, 0) is 20.8 Å². The topological polar surface area (TPSA) is 56.3 Å². The van der Waals surface area contributed by atoms with Crippen molar-refractivity contribution in [3.8, 4) is 5.88 Å². The van der Waals surface area contributed by atoms with Crippen molar-refractivity contribution in [2.45, 2.75) is 26.9 Å². The summed E-state index contributed by atoms with van der Waals surface area (Å²) in [5.74, 6) is 1.24. The largest absolute Gasteiger partial charge is 0.471 e. The molecule has 1 aromatic rings. The highest BCUT2D eigenvalue weighted by Crippen LogP contribution is 2.10. The van der Waals surface area contributed by atoms with Crippen LogP contribution < -0.4 is 10.1 Å². The fraction of sp³-hybridized carbons (Fsp3) is 0.636. The summed E-state index contributed by atoms with van der Waals surface area (Å²) >= 11 is 0. The lowest BCUT2D eigenvalue weighted by Crippen LogP contribution is -2.19. The van der Waals surface area contributed by atoms with Gasteiger partial charge in [0.15, 0.2) is 0 Å². The molecule has 16 heavy (non-hydrogen) atoms.